The van der Waals surface area contributed by atoms with Gasteiger partial charge in [0.1, 0.15) is 5.69 Å². The number of ketones is 2. The largest absolute Gasteiger partial charge is 0.306 e. The molecule has 1 aliphatic rings. The van der Waals surface area contributed by atoms with Gasteiger partial charge in [-0.15, -0.1) is 23.7 Å². The smallest absolute Gasteiger partial charge is 0.184 e. The van der Waals surface area contributed by atoms with E-state index in [0.29, 0.717) is 16.3 Å². The average Bonchev–Trinajstić information content (AvgIpc) is 3.01. The van der Waals surface area contributed by atoms with Gasteiger partial charge in [0.2, 0.25) is 0 Å². The van der Waals surface area contributed by atoms with Crippen LogP contribution in [0.4, 0.5) is 0 Å². The zero-order valence-corrected chi connectivity index (χ0v) is 17.1. The van der Waals surface area contributed by atoms with E-state index in [-0.39, 0.29) is 36.3 Å². The molecule has 0 atom stereocenters. The monoisotopic (exact) mass is 442 g/mol. The van der Waals surface area contributed by atoms with Crippen molar-refractivity contribution in [3.63, 3.8) is 0 Å². The van der Waals surface area contributed by atoms with E-state index >= 15 is 0 Å². The topological polar surface area (TPSA) is 50.3 Å². The molecule has 0 aliphatic carbocycles. The summed E-state index contributed by atoms with van der Waals surface area (Å²) in [6, 6.07) is 7.26. The zero-order chi connectivity index (χ0) is 17.1. The third-order valence-electron chi connectivity index (χ3n) is 4.36. The maximum atomic E-state index is 12.7. The average molecular weight is 444 g/mol. The lowest BCUT2D eigenvalue weighted by Crippen LogP contribution is -2.33. The highest BCUT2D eigenvalue weighted by Gasteiger charge is 2.25. The molecule has 0 spiro atoms. The van der Waals surface area contributed by atoms with Crippen molar-refractivity contribution in [2.45, 2.75) is 19.3 Å². The highest BCUT2D eigenvalue weighted by atomic mass is 79.9. The second-order valence-corrected chi connectivity index (χ2v) is 7.92. The Hall–Kier alpha value is -1.08. The Kier molecular flexibility index (Phi) is 7.31. The molecule has 4 nitrogen and oxygen atoms in total. The number of likely N-dealkylation sites (tertiary alicyclic amines) is 1. The second kappa shape index (κ2) is 9.03. The first-order chi connectivity index (χ1) is 11.5. The van der Waals surface area contributed by atoms with Crippen molar-refractivity contribution >= 4 is 51.2 Å². The van der Waals surface area contributed by atoms with E-state index in [9.17, 15) is 9.59 Å². The van der Waals surface area contributed by atoms with Crippen LogP contribution >= 0.6 is 39.7 Å². The van der Waals surface area contributed by atoms with Gasteiger partial charge in [-0.2, -0.15) is 0 Å². The number of carbonyl (C=O) groups excluding carboxylic acids is 2. The first-order valence-electron chi connectivity index (χ1n) is 7.99. The van der Waals surface area contributed by atoms with Crippen molar-refractivity contribution in [1.29, 1.82) is 0 Å². The molecule has 1 saturated heterocycles. The lowest BCUT2D eigenvalue weighted by atomic mass is 9.91. The molecule has 2 aromatic rings. The van der Waals surface area contributed by atoms with Crippen LogP contribution in [0.2, 0.25) is 0 Å². The van der Waals surface area contributed by atoms with Gasteiger partial charge in [-0.1, -0.05) is 6.07 Å². The van der Waals surface area contributed by atoms with Crippen molar-refractivity contribution in [1.82, 2.24) is 9.88 Å². The Morgan fingerprint density at radius 2 is 2.00 bits per heavy atom. The van der Waals surface area contributed by atoms with Crippen molar-refractivity contribution in [2.75, 3.05) is 20.1 Å². The molecular formula is C18H20BrClN2O2S. The molecule has 0 aromatic carbocycles. The van der Waals surface area contributed by atoms with Crippen LogP contribution in [0.5, 0.6) is 0 Å². The van der Waals surface area contributed by atoms with E-state index in [1.54, 1.807) is 6.07 Å². The van der Waals surface area contributed by atoms with E-state index in [2.05, 4.69) is 32.9 Å². The summed E-state index contributed by atoms with van der Waals surface area (Å²) in [5.74, 6) is 0.175. The van der Waals surface area contributed by atoms with Gasteiger partial charge in [0, 0.05) is 16.1 Å². The summed E-state index contributed by atoms with van der Waals surface area (Å²) < 4.78 is 0.816. The summed E-state index contributed by atoms with van der Waals surface area (Å²) in [6.07, 6.45) is 1.97. The maximum absolute atomic E-state index is 12.7. The molecule has 2 aromatic heterocycles. The van der Waals surface area contributed by atoms with E-state index in [1.165, 1.54) is 11.3 Å². The summed E-state index contributed by atoms with van der Waals surface area (Å²) in [5.41, 5.74) is 1.14. The summed E-state index contributed by atoms with van der Waals surface area (Å²) in [5, 5.41) is 1.88. The molecule has 0 bridgehead atoms. The molecule has 134 valence electrons. The number of Topliss-reactive ketones (excluding diaryl/α,β-unsaturated/α-hetero) is 2. The molecule has 0 N–H and O–H groups in total. The molecule has 0 amide bonds. The summed E-state index contributed by atoms with van der Waals surface area (Å²) in [7, 11) is 2.08. The first-order valence-corrected chi connectivity index (χ1v) is 9.66. The predicted molar refractivity (Wildman–Crippen MR) is 106 cm³/mol. The van der Waals surface area contributed by atoms with E-state index in [0.717, 1.165) is 30.4 Å². The van der Waals surface area contributed by atoms with Gasteiger partial charge in [0.25, 0.3) is 0 Å². The molecule has 1 aliphatic heterocycles. The highest BCUT2D eigenvalue weighted by Crippen LogP contribution is 2.24. The normalized spacial score (nSPS) is 15.6. The van der Waals surface area contributed by atoms with Crippen LogP contribution in [0.15, 0.2) is 34.1 Å². The number of nitrogens with zero attached hydrogens (tertiary/aromatic N) is 2. The van der Waals surface area contributed by atoms with Gasteiger partial charge in [0.15, 0.2) is 11.6 Å². The van der Waals surface area contributed by atoms with E-state index in [1.807, 2.05) is 23.6 Å². The Balaban J connectivity index is 0.00000225. The third-order valence-corrected chi connectivity index (χ3v) is 6.24. The standard InChI is InChI=1S/C18H19BrN2O2S.ClH/c1-21-8-5-12(6-9-21)17(23)15-4-2-3-13(20-15)11-16(22)18-14(19)7-10-24-18;/h2-4,7,10,12H,5-6,8-9,11H2,1H3;1H. The van der Waals surface area contributed by atoms with Gasteiger partial charge in [-0.25, -0.2) is 4.98 Å². The number of pyridine rings is 1. The quantitative estimate of drug-likeness (QED) is 0.647. The van der Waals surface area contributed by atoms with Gasteiger partial charge >= 0.3 is 0 Å². The van der Waals surface area contributed by atoms with Gasteiger partial charge in [-0.05, 0) is 72.5 Å². The first kappa shape index (κ1) is 20.2. The van der Waals surface area contributed by atoms with Crippen LogP contribution in [-0.2, 0) is 6.42 Å². The van der Waals surface area contributed by atoms with E-state index < -0.39 is 0 Å². The fourth-order valence-electron chi connectivity index (χ4n) is 2.93. The fourth-order valence-corrected chi connectivity index (χ4v) is 4.47. The maximum Gasteiger partial charge on any atom is 0.184 e. The van der Waals surface area contributed by atoms with Crippen LogP contribution in [0.25, 0.3) is 0 Å². The minimum atomic E-state index is 0. The fraction of sp³-hybridized carbons (Fsp3) is 0.389. The zero-order valence-electron chi connectivity index (χ0n) is 13.9. The lowest BCUT2D eigenvalue weighted by molar-refractivity contribution is 0.0850. The predicted octanol–water partition coefficient (Wildman–Crippen LogP) is 4.28. The SMILES string of the molecule is CN1CCC(C(=O)c2cccc(CC(=O)c3sccc3Br)n2)CC1.Cl. The van der Waals surface area contributed by atoms with E-state index in [4.69, 9.17) is 0 Å². The van der Waals surface area contributed by atoms with Crippen LogP contribution in [-0.4, -0.2) is 41.6 Å². The van der Waals surface area contributed by atoms with Gasteiger partial charge in [-0.3, -0.25) is 9.59 Å². The number of hydrogen-bond donors (Lipinski definition) is 0. The molecule has 0 radical (unpaired) electrons. The van der Waals surface area contributed by atoms with Crippen LogP contribution in [0, 0.1) is 5.92 Å². The Morgan fingerprint density at radius 1 is 1.28 bits per heavy atom. The van der Waals surface area contributed by atoms with Crippen molar-refractivity contribution in [3.05, 3.63) is 50.4 Å². The Bertz CT molecular complexity index is 757. The Morgan fingerprint density at radius 3 is 2.64 bits per heavy atom. The summed E-state index contributed by atoms with van der Waals surface area (Å²) >= 11 is 4.80. The van der Waals surface area contributed by atoms with Crippen molar-refractivity contribution in [2.24, 2.45) is 5.92 Å². The summed E-state index contributed by atoms with van der Waals surface area (Å²) in [6.45, 7) is 1.89. The third kappa shape index (κ3) is 4.97. The highest BCUT2D eigenvalue weighted by molar-refractivity contribution is 9.10. The molecular weight excluding hydrogens is 424 g/mol. The second-order valence-electron chi connectivity index (χ2n) is 6.15. The molecule has 1 fully saturated rings. The molecule has 0 saturated carbocycles. The number of piperidine rings is 1. The number of halogens is 2. The van der Waals surface area contributed by atoms with Crippen molar-refractivity contribution < 1.29 is 9.59 Å². The minimum absolute atomic E-state index is 0. The van der Waals surface area contributed by atoms with Crippen LogP contribution in [0.1, 0.15) is 38.7 Å². The minimum Gasteiger partial charge on any atom is -0.306 e. The Labute approximate surface area is 166 Å². The van der Waals surface area contributed by atoms with Crippen LogP contribution in [0.3, 0.4) is 0 Å². The molecule has 25 heavy (non-hydrogen) atoms. The number of rotatable bonds is 5. The number of aromatic nitrogens is 1. The molecule has 3 rings (SSSR count). The number of thiophene rings is 1. The van der Waals surface area contributed by atoms with Crippen LogP contribution < -0.4 is 0 Å². The molecule has 7 heteroatoms. The lowest BCUT2D eigenvalue weighted by Gasteiger charge is -2.27. The van der Waals surface area contributed by atoms with Crippen molar-refractivity contribution in [3.8, 4) is 0 Å². The van der Waals surface area contributed by atoms with Gasteiger partial charge < -0.3 is 4.90 Å². The number of hydrogen-bond acceptors (Lipinski definition) is 5. The van der Waals surface area contributed by atoms with Gasteiger partial charge in [0.05, 0.1) is 11.3 Å². The number of carbonyl (C=O) groups is 2. The molecule has 3 heterocycles. The summed E-state index contributed by atoms with van der Waals surface area (Å²) in [4.78, 5) is 32.4. The molecule has 0 unspecified atom stereocenters.